The molecule has 0 aromatic heterocycles. The maximum atomic E-state index is 12.1. The molecule has 0 heterocycles. The molecule has 0 amide bonds. The van der Waals surface area contributed by atoms with Gasteiger partial charge in [0.05, 0.1) is 25.1 Å². The Morgan fingerprint density at radius 2 is 1.67 bits per heavy atom. The van der Waals surface area contributed by atoms with Crippen LogP contribution in [-0.2, 0) is 23.8 Å². The van der Waals surface area contributed by atoms with Crippen molar-refractivity contribution in [1.82, 2.24) is 4.31 Å². The lowest BCUT2D eigenvalue weighted by atomic mass is 9.90. The topological polar surface area (TPSA) is 116 Å². The van der Waals surface area contributed by atoms with Gasteiger partial charge >= 0.3 is 0 Å². The van der Waals surface area contributed by atoms with E-state index in [1.54, 1.807) is 20.8 Å². The summed E-state index contributed by atoms with van der Waals surface area (Å²) in [5, 5.41) is 0. The van der Waals surface area contributed by atoms with Gasteiger partial charge in [-0.2, -0.15) is 4.31 Å². The van der Waals surface area contributed by atoms with Crippen molar-refractivity contribution in [2.45, 2.75) is 66.2 Å². The van der Waals surface area contributed by atoms with Crippen molar-refractivity contribution < 1.29 is 32.0 Å². The van der Waals surface area contributed by atoms with Gasteiger partial charge in [0.2, 0.25) is 10.0 Å². The van der Waals surface area contributed by atoms with E-state index in [1.165, 1.54) is 4.31 Å². The Balaban J connectivity index is 5.40. The van der Waals surface area contributed by atoms with E-state index in [1.807, 2.05) is 27.7 Å². The molecule has 0 saturated heterocycles. The zero-order chi connectivity index (χ0) is 19.6. The van der Waals surface area contributed by atoms with Crippen molar-refractivity contribution in [3.63, 3.8) is 0 Å². The third-order valence-electron chi connectivity index (χ3n) is 3.56. The van der Waals surface area contributed by atoms with E-state index in [-0.39, 0.29) is 18.1 Å². The van der Waals surface area contributed by atoms with Crippen LogP contribution in [-0.4, -0.2) is 54.8 Å². The molecule has 8 nitrogen and oxygen atoms in total. The van der Waals surface area contributed by atoms with E-state index in [4.69, 9.17) is 9.63 Å². The first-order chi connectivity index (χ1) is 10.3. The van der Waals surface area contributed by atoms with Gasteiger partial charge in [-0.25, -0.2) is 8.42 Å². The molecule has 0 radical (unpaired) electrons. The molecule has 0 spiro atoms. The number of rotatable bonds is 8. The summed E-state index contributed by atoms with van der Waals surface area (Å²) in [6.45, 7) is 12.2. The summed E-state index contributed by atoms with van der Waals surface area (Å²) in [6.07, 6.45) is -0.0757. The minimum absolute atomic E-state index is 0.0945. The van der Waals surface area contributed by atoms with Gasteiger partial charge in [-0.05, 0) is 33.1 Å². The predicted molar refractivity (Wildman–Crippen MR) is 90.9 cm³/mol. The molecule has 1 N–H and O–H groups in total. The molecule has 10 heteroatoms. The van der Waals surface area contributed by atoms with Crippen LogP contribution in [0.4, 0.5) is 0 Å². The molecule has 146 valence electrons. The summed E-state index contributed by atoms with van der Waals surface area (Å²) >= 11 is 0. The van der Waals surface area contributed by atoms with Crippen molar-refractivity contribution in [3.8, 4) is 0 Å². The van der Waals surface area contributed by atoms with Crippen molar-refractivity contribution in [1.29, 1.82) is 0 Å². The summed E-state index contributed by atoms with van der Waals surface area (Å²) in [5.41, 5.74) is -0.961. The van der Waals surface area contributed by atoms with Gasteiger partial charge in [-0.15, -0.1) is 0 Å². The standard InChI is InChI=1S/C14H32NO7PS/c1-11(13(2,3)4)22-12(10-21-23(16,17)18)9-15(14(5,6)7)24(8,19)20/h11-12H,9-10H2,1-8H3,(H2,16,17,18)/p-1/t11-,12-/m0/s1. The normalized spacial score (nSPS) is 19.1. The summed E-state index contributed by atoms with van der Waals surface area (Å²) in [5.74, 6) is 0. The second-order valence-electron chi connectivity index (χ2n) is 8.00. The van der Waals surface area contributed by atoms with E-state index < -0.39 is 36.1 Å². The van der Waals surface area contributed by atoms with Gasteiger partial charge in [-0.1, -0.05) is 20.8 Å². The molecular weight excluding hydrogens is 357 g/mol. The molecule has 1 unspecified atom stereocenters. The first-order valence-electron chi connectivity index (χ1n) is 7.65. The lowest BCUT2D eigenvalue weighted by Crippen LogP contribution is -2.50. The van der Waals surface area contributed by atoms with Crippen LogP contribution in [0.1, 0.15) is 48.5 Å². The van der Waals surface area contributed by atoms with E-state index in [0.29, 0.717) is 0 Å². The molecule has 0 aliphatic rings. The first-order valence-corrected chi connectivity index (χ1v) is 11.0. The highest BCUT2D eigenvalue weighted by Crippen LogP contribution is 2.32. The monoisotopic (exact) mass is 388 g/mol. The van der Waals surface area contributed by atoms with E-state index in [2.05, 4.69) is 4.52 Å². The third-order valence-corrected chi connectivity index (χ3v) is 5.53. The fourth-order valence-electron chi connectivity index (χ4n) is 1.90. The quantitative estimate of drug-likeness (QED) is 0.624. The number of hydrogen-bond acceptors (Lipinski definition) is 6. The molecular formula is C14H31NO7PS-. The van der Waals surface area contributed by atoms with Crippen LogP contribution in [0.25, 0.3) is 0 Å². The molecule has 24 heavy (non-hydrogen) atoms. The highest BCUT2D eigenvalue weighted by Gasteiger charge is 2.34. The van der Waals surface area contributed by atoms with Crippen molar-refractivity contribution in [2.75, 3.05) is 19.4 Å². The highest BCUT2D eigenvalue weighted by molar-refractivity contribution is 7.88. The Morgan fingerprint density at radius 3 is 1.96 bits per heavy atom. The van der Waals surface area contributed by atoms with Crippen molar-refractivity contribution >= 4 is 17.8 Å². The van der Waals surface area contributed by atoms with Crippen LogP contribution in [0.15, 0.2) is 0 Å². The van der Waals surface area contributed by atoms with Crippen LogP contribution in [0.5, 0.6) is 0 Å². The minimum atomic E-state index is -4.93. The predicted octanol–water partition coefficient (Wildman–Crippen LogP) is 1.34. The Kier molecular flexibility index (Phi) is 8.11. The lowest BCUT2D eigenvalue weighted by molar-refractivity contribution is -0.223. The van der Waals surface area contributed by atoms with E-state index in [0.717, 1.165) is 6.26 Å². The van der Waals surface area contributed by atoms with Gasteiger partial charge < -0.3 is 19.0 Å². The van der Waals surface area contributed by atoms with Crippen LogP contribution >= 0.6 is 7.82 Å². The van der Waals surface area contributed by atoms with Crippen LogP contribution in [0.2, 0.25) is 0 Å². The largest absolute Gasteiger partial charge is 0.756 e. The summed E-state index contributed by atoms with van der Waals surface area (Å²) < 4.78 is 46.5. The maximum absolute atomic E-state index is 12.1. The first kappa shape index (κ1) is 24.0. The Hall–Kier alpha value is -0.0200. The van der Waals surface area contributed by atoms with E-state index in [9.17, 15) is 17.9 Å². The number of hydrogen-bond donors (Lipinski definition) is 1. The number of ether oxygens (including phenoxy) is 1. The third kappa shape index (κ3) is 9.46. The SMILES string of the molecule is C[C@H](O[C@H](COP(=O)([O-])O)CN(C(C)(C)C)S(C)(=O)=O)C(C)(C)C. The Bertz CT molecular complexity index is 544. The Morgan fingerprint density at radius 1 is 1.21 bits per heavy atom. The molecule has 0 aliphatic heterocycles. The molecule has 0 fully saturated rings. The lowest BCUT2D eigenvalue weighted by Gasteiger charge is -2.38. The average molecular weight is 388 g/mol. The molecule has 0 aromatic carbocycles. The highest BCUT2D eigenvalue weighted by atomic mass is 32.2. The zero-order valence-corrected chi connectivity index (χ0v) is 17.5. The summed E-state index contributed by atoms with van der Waals surface area (Å²) in [7, 11) is -8.48. The summed E-state index contributed by atoms with van der Waals surface area (Å²) in [4.78, 5) is 19.7. The van der Waals surface area contributed by atoms with Gasteiger partial charge in [-0.3, -0.25) is 4.57 Å². The van der Waals surface area contributed by atoms with Crippen LogP contribution in [0, 0.1) is 5.41 Å². The smallest absolute Gasteiger partial charge is 0.265 e. The van der Waals surface area contributed by atoms with Crippen LogP contribution in [0.3, 0.4) is 0 Å². The van der Waals surface area contributed by atoms with Crippen molar-refractivity contribution in [2.24, 2.45) is 5.41 Å². The number of phosphoric ester groups is 1. The maximum Gasteiger partial charge on any atom is 0.265 e. The number of sulfonamides is 1. The second kappa shape index (κ2) is 8.12. The number of nitrogens with zero attached hydrogens (tertiary/aromatic N) is 1. The molecule has 0 rings (SSSR count). The molecule has 3 atom stereocenters. The number of phosphoric acid groups is 1. The van der Waals surface area contributed by atoms with Gasteiger partial charge in [0.15, 0.2) is 0 Å². The van der Waals surface area contributed by atoms with Gasteiger partial charge in [0, 0.05) is 12.1 Å². The van der Waals surface area contributed by atoms with Gasteiger partial charge in [0.1, 0.15) is 0 Å². The fraction of sp³-hybridized carbons (Fsp3) is 1.00. The second-order valence-corrected chi connectivity index (χ2v) is 11.1. The molecule has 0 bridgehead atoms. The molecule has 0 aliphatic carbocycles. The molecule has 0 saturated carbocycles. The van der Waals surface area contributed by atoms with Crippen LogP contribution < -0.4 is 4.89 Å². The molecule has 0 aromatic rings. The average Bonchev–Trinajstić information content (AvgIpc) is 2.26. The van der Waals surface area contributed by atoms with Gasteiger partial charge in [0.25, 0.3) is 7.82 Å². The van der Waals surface area contributed by atoms with Crippen molar-refractivity contribution in [3.05, 3.63) is 0 Å². The fourth-order valence-corrected chi connectivity index (χ4v) is 3.68. The zero-order valence-electron chi connectivity index (χ0n) is 15.8. The summed E-state index contributed by atoms with van der Waals surface area (Å²) in [6, 6.07) is 0. The van der Waals surface area contributed by atoms with E-state index >= 15 is 0 Å². The Labute approximate surface area is 145 Å². The minimum Gasteiger partial charge on any atom is -0.756 e.